The zero-order valence-electron chi connectivity index (χ0n) is 11.3. The Morgan fingerprint density at radius 2 is 2.14 bits per heavy atom. The average Bonchev–Trinajstić information content (AvgIpc) is 2.90. The molecule has 3 aromatic rings. The van der Waals surface area contributed by atoms with E-state index in [1.807, 2.05) is 6.07 Å². The van der Waals surface area contributed by atoms with E-state index < -0.39 is 5.91 Å². The third-order valence-corrected chi connectivity index (χ3v) is 3.09. The van der Waals surface area contributed by atoms with E-state index in [1.54, 1.807) is 36.5 Å². The number of hydroxylamine groups is 1. The van der Waals surface area contributed by atoms with Gasteiger partial charge >= 0.3 is 0 Å². The second-order valence-electron chi connectivity index (χ2n) is 4.52. The van der Waals surface area contributed by atoms with Crippen molar-refractivity contribution in [3.63, 3.8) is 0 Å². The Balaban J connectivity index is 2.04. The van der Waals surface area contributed by atoms with Crippen LogP contribution in [0.2, 0.25) is 0 Å². The van der Waals surface area contributed by atoms with E-state index in [4.69, 9.17) is 5.21 Å². The third kappa shape index (κ3) is 2.52. The normalized spacial score (nSPS) is 11.1. The minimum absolute atomic E-state index is 0.338. The number of nitrogens with zero attached hydrogens (tertiary/aromatic N) is 3. The molecule has 0 spiro atoms. The van der Waals surface area contributed by atoms with Gasteiger partial charge in [0.25, 0.3) is 5.91 Å². The molecule has 0 saturated carbocycles. The lowest BCUT2D eigenvalue weighted by molar-refractivity contribution is -0.124. The fraction of sp³-hybridized carbons (Fsp3) is 0. The molecule has 1 aromatic carbocycles. The van der Waals surface area contributed by atoms with Crippen LogP contribution < -0.4 is 5.48 Å². The molecule has 2 heterocycles. The van der Waals surface area contributed by atoms with Gasteiger partial charge in [0.1, 0.15) is 11.2 Å². The predicted molar refractivity (Wildman–Crippen MR) is 79.1 cm³/mol. The van der Waals surface area contributed by atoms with E-state index in [0.717, 1.165) is 4.73 Å². The summed E-state index contributed by atoms with van der Waals surface area (Å²) in [5.74, 6) is -0.295. The van der Waals surface area contributed by atoms with Crippen molar-refractivity contribution in [3.05, 3.63) is 54.2 Å². The number of carbonyl (C=O) groups is 1. The Bertz CT molecular complexity index is 856. The van der Waals surface area contributed by atoms with Gasteiger partial charge < -0.3 is 5.21 Å². The molecular weight excluding hydrogens is 284 g/mol. The largest absolute Gasteiger partial charge is 0.426 e. The summed E-state index contributed by atoms with van der Waals surface area (Å²) >= 11 is 0. The van der Waals surface area contributed by atoms with Gasteiger partial charge in [-0.2, -0.15) is 4.73 Å². The number of benzene rings is 1. The second-order valence-corrected chi connectivity index (χ2v) is 4.52. The molecule has 3 N–H and O–H groups in total. The molecule has 0 aliphatic heterocycles. The van der Waals surface area contributed by atoms with Crippen LogP contribution in [0, 0.1) is 0 Å². The molecule has 7 nitrogen and oxygen atoms in total. The molecule has 0 aliphatic rings. The summed E-state index contributed by atoms with van der Waals surface area (Å²) in [6.45, 7) is 0. The maximum absolute atomic E-state index is 11.0. The minimum atomic E-state index is -0.633. The van der Waals surface area contributed by atoms with E-state index in [1.165, 1.54) is 17.6 Å². The summed E-state index contributed by atoms with van der Waals surface area (Å²) in [4.78, 5) is 19.5. The van der Waals surface area contributed by atoms with Gasteiger partial charge in [0.05, 0.1) is 5.52 Å². The first-order valence-electron chi connectivity index (χ1n) is 6.44. The maximum atomic E-state index is 11.0. The molecule has 0 unspecified atom stereocenters. The van der Waals surface area contributed by atoms with Gasteiger partial charge in [0.15, 0.2) is 5.82 Å². The van der Waals surface area contributed by atoms with Crippen LogP contribution in [-0.2, 0) is 4.79 Å². The quantitative estimate of drug-likeness (QED) is 0.296. The van der Waals surface area contributed by atoms with Gasteiger partial charge in [-0.25, -0.2) is 10.5 Å². The lowest BCUT2D eigenvalue weighted by Crippen LogP contribution is -2.14. The lowest BCUT2D eigenvalue weighted by atomic mass is 10.2. The first-order valence-corrected chi connectivity index (χ1v) is 6.44. The Kier molecular flexibility index (Phi) is 3.55. The van der Waals surface area contributed by atoms with E-state index in [0.29, 0.717) is 28.1 Å². The fourth-order valence-corrected chi connectivity index (χ4v) is 2.05. The van der Waals surface area contributed by atoms with Crippen LogP contribution in [0.3, 0.4) is 0 Å². The summed E-state index contributed by atoms with van der Waals surface area (Å²) in [7, 11) is 0. The third-order valence-electron chi connectivity index (χ3n) is 3.09. The number of aromatic nitrogens is 3. The number of fused-ring (bicyclic) bond motifs is 1. The van der Waals surface area contributed by atoms with Gasteiger partial charge in [-0.15, -0.1) is 0 Å². The fourth-order valence-electron chi connectivity index (χ4n) is 2.05. The lowest BCUT2D eigenvalue weighted by Gasteiger charge is -2.00. The molecular formula is C15H12N4O3. The Labute approximate surface area is 125 Å². The van der Waals surface area contributed by atoms with Crippen molar-refractivity contribution in [1.82, 2.24) is 20.2 Å². The van der Waals surface area contributed by atoms with Crippen molar-refractivity contribution in [2.45, 2.75) is 0 Å². The molecule has 1 amide bonds. The van der Waals surface area contributed by atoms with Crippen LogP contribution in [0.5, 0.6) is 0 Å². The van der Waals surface area contributed by atoms with Crippen LogP contribution >= 0.6 is 0 Å². The summed E-state index contributed by atoms with van der Waals surface area (Å²) < 4.78 is 0.959. The molecule has 0 radical (unpaired) electrons. The highest BCUT2D eigenvalue weighted by atomic mass is 16.5. The van der Waals surface area contributed by atoms with Crippen molar-refractivity contribution in [3.8, 4) is 11.5 Å². The number of pyridine rings is 1. The van der Waals surface area contributed by atoms with Gasteiger partial charge in [-0.3, -0.25) is 15.0 Å². The SMILES string of the molecule is O=C(/C=C/c1ccc2nc(-c3ccccn3)n(O)c2c1)NO. The molecule has 7 heteroatoms. The van der Waals surface area contributed by atoms with E-state index in [2.05, 4.69) is 9.97 Å². The van der Waals surface area contributed by atoms with Gasteiger partial charge in [-0.05, 0) is 35.9 Å². The standard InChI is InChI=1S/C15H12N4O3/c20-14(18-21)7-5-10-4-6-11-13(9-10)19(22)15(17-11)12-3-1-2-8-16-12/h1-9,21-22H,(H,18,20)/b7-5+. The molecule has 0 fully saturated rings. The summed E-state index contributed by atoms with van der Waals surface area (Å²) in [6, 6.07) is 10.5. The number of carbonyl (C=O) groups excluding carboxylic acids is 1. The van der Waals surface area contributed by atoms with Crippen LogP contribution in [0.4, 0.5) is 0 Å². The highest BCUT2D eigenvalue weighted by Crippen LogP contribution is 2.23. The predicted octanol–water partition coefficient (Wildman–Crippen LogP) is 1.85. The zero-order chi connectivity index (χ0) is 15.5. The molecule has 0 aliphatic carbocycles. The first kappa shape index (κ1) is 13.8. The topological polar surface area (TPSA) is 100 Å². The van der Waals surface area contributed by atoms with E-state index in [9.17, 15) is 10.0 Å². The molecule has 110 valence electrons. The van der Waals surface area contributed by atoms with Crippen molar-refractivity contribution in [2.24, 2.45) is 0 Å². The average molecular weight is 296 g/mol. The summed E-state index contributed by atoms with van der Waals surface area (Å²) in [5.41, 5.74) is 3.84. The Hall–Kier alpha value is -3.19. The monoisotopic (exact) mass is 296 g/mol. The number of imidazole rings is 1. The molecule has 0 bridgehead atoms. The van der Waals surface area contributed by atoms with E-state index in [-0.39, 0.29) is 0 Å². The molecule has 2 aromatic heterocycles. The molecule has 22 heavy (non-hydrogen) atoms. The molecule has 3 rings (SSSR count). The number of nitrogens with one attached hydrogen (secondary N) is 1. The Morgan fingerprint density at radius 3 is 2.86 bits per heavy atom. The van der Waals surface area contributed by atoms with Crippen molar-refractivity contribution < 1.29 is 15.2 Å². The van der Waals surface area contributed by atoms with Crippen LogP contribution in [0.25, 0.3) is 28.6 Å². The number of rotatable bonds is 3. The number of hydrogen-bond donors (Lipinski definition) is 3. The van der Waals surface area contributed by atoms with Crippen LogP contribution in [0.15, 0.2) is 48.7 Å². The number of amides is 1. The summed E-state index contributed by atoms with van der Waals surface area (Å²) in [5, 5.41) is 18.7. The summed E-state index contributed by atoms with van der Waals surface area (Å²) in [6.07, 6.45) is 4.31. The second kappa shape index (κ2) is 5.66. The highest BCUT2D eigenvalue weighted by molar-refractivity contribution is 5.91. The molecule has 0 saturated heterocycles. The smallest absolute Gasteiger partial charge is 0.267 e. The zero-order valence-corrected chi connectivity index (χ0v) is 11.3. The Morgan fingerprint density at radius 1 is 1.27 bits per heavy atom. The number of hydrogen-bond acceptors (Lipinski definition) is 5. The van der Waals surface area contributed by atoms with Gasteiger partial charge in [-0.1, -0.05) is 12.1 Å². The van der Waals surface area contributed by atoms with Gasteiger partial charge in [0, 0.05) is 12.3 Å². The minimum Gasteiger partial charge on any atom is -0.426 e. The van der Waals surface area contributed by atoms with E-state index >= 15 is 0 Å². The van der Waals surface area contributed by atoms with Crippen molar-refractivity contribution in [2.75, 3.05) is 0 Å². The highest BCUT2D eigenvalue weighted by Gasteiger charge is 2.12. The van der Waals surface area contributed by atoms with Crippen LogP contribution in [0.1, 0.15) is 5.56 Å². The van der Waals surface area contributed by atoms with Crippen molar-refractivity contribution in [1.29, 1.82) is 0 Å². The van der Waals surface area contributed by atoms with Crippen molar-refractivity contribution >= 4 is 23.0 Å². The first-order chi connectivity index (χ1) is 10.7. The molecule has 0 atom stereocenters. The van der Waals surface area contributed by atoms with Crippen LogP contribution in [-0.4, -0.2) is 31.0 Å². The van der Waals surface area contributed by atoms with Gasteiger partial charge in [0.2, 0.25) is 0 Å². The maximum Gasteiger partial charge on any atom is 0.267 e.